The van der Waals surface area contributed by atoms with Crippen LogP contribution in [-0.2, 0) is 4.74 Å². The first-order valence-corrected chi connectivity index (χ1v) is 8.19. The molecule has 0 saturated carbocycles. The first-order valence-electron chi connectivity index (χ1n) is 7.82. The predicted molar refractivity (Wildman–Crippen MR) is 87.1 cm³/mol. The van der Waals surface area contributed by atoms with Crippen molar-refractivity contribution >= 4 is 17.5 Å². The number of halogens is 1. The lowest BCUT2D eigenvalue weighted by atomic mass is 9.83. The summed E-state index contributed by atoms with van der Waals surface area (Å²) in [5, 5.41) is 4.99. The van der Waals surface area contributed by atoms with Crippen molar-refractivity contribution in [1.82, 2.24) is 14.7 Å². The van der Waals surface area contributed by atoms with Gasteiger partial charge in [-0.25, -0.2) is 4.68 Å². The highest BCUT2D eigenvalue weighted by Gasteiger charge is 2.50. The second-order valence-electron chi connectivity index (χ2n) is 6.24. The zero-order chi connectivity index (χ0) is 16.0. The molecule has 1 unspecified atom stereocenters. The van der Waals surface area contributed by atoms with Gasteiger partial charge in [-0.2, -0.15) is 5.10 Å². The standard InChI is InChI=1S/C17H18ClN3O2/c1-12-13(10-19-21(12)15-5-3-2-4-14(15)18)16(22)20-8-6-17(20)7-9-23-11-17/h2-5,10H,6-9,11H2,1H3. The van der Waals surface area contributed by atoms with Gasteiger partial charge in [-0.1, -0.05) is 23.7 Å². The maximum absolute atomic E-state index is 12.9. The summed E-state index contributed by atoms with van der Waals surface area (Å²) in [7, 11) is 0. The average molecular weight is 332 g/mol. The van der Waals surface area contributed by atoms with Gasteiger partial charge in [0.05, 0.1) is 40.3 Å². The molecule has 2 aliphatic heterocycles. The monoisotopic (exact) mass is 331 g/mol. The molecule has 0 bridgehead atoms. The van der Waals surface area contributed by atoms with E-state index in [0.29, 0.717) is 17.2 Å². The highest BCUT2D eigenvalue weighted by molar-refractivity contribution is 6.32. The lowest BCUT2D eigenvalue weighted by Crippen LogP contribution is -2.62. The fraction of sp³-hybridized carbons (Fsp3) is 0.412. The Morgan fingerprint density at radius 3 is 2.83 bits per heavy atom. The first kappa shape index (κ1) is 14.7. The number of carbonyl (C=O) groups excluding carboxylic acids is 1. The minimum atomic E-state index is -0.0873. The zero-order valence-corrected chi connectivity index (χ0v) is 13.7. The van der Waals surface area contributed by atoms with Gasteiger partial charge in [-0.15, -0.1) is 0 Å². The van der Waals surface area contributed by atoms with Crippen LogP contribution in [0.2, 0.25) is 5.02 Å². The van der Waals surface area contributed by atoms with Crippen LogP contribution in [0.25, 0.3) is 5.69 Å². The number of hydrogen-bond acceptors (Lipinski definition) is 3. The Morgan fingerprint density at radius 1 is 1.35 bits per heavy atom. The Labute approximate surface area is 139 Å². The van der Waals surface area contributed by atoms with Crippen molar-refractivity contribution in [2.24, 2.45) is 0 Å². The summed E-state index contributed by atoms with van der Waals surface area (Å²) in [6.07, 6.45) is 3.59. The molecular weight excluding hydrogens is 314 g/mol. The van der Waals surface area contributed by atoms with E-state index in [2.05, 4.69) is 5.10 Å². The molecule has 4 rings (SSSR count). The Balaban J connectivity index is 1.66. The van der Waals surface area contributed by atoms with Crippen LogP contribution in [-0.4, -0.2) is 45.9 Å². The number of amides is 1. The van der Waals surface area contributed by atoms with E-state index in [9.17, 15) is 4.79 Å². The number of benzene rings is 1. The molecule has 1 amide bonds. The normalized spacial score (nSPS) is 23.3. The molecule has 6 heteroatoms. The van der Waals surface area contributed by atoms with Gasteiger partial charge in [0.1, 0.15) is 0 Å². The molecule has 1 spiro atoms. The highest BCUT2D eigenvalue weighted by atomic mass is 35.5. The third-order valence-electron chi connectivity index (χ3n) is 5.02. The van der Waals surface area contributed by atoms with Crippen LogP contribution in [0.4, 0.5) is 0 Å². The Morgan fingerprint density at radius 2 is 2.17 bits per heavy atom. The largest absolute Gasteiger partial charge is 0.379 e. The van der Waals surface area contributed by atoms with Crippen molar-refractivity contribution < 1.29 is 9.53 Å². The van der Waals surface area contributed by atoms with Gasteiger partial charge in [0.15, 0.2) is 0 Å². The van der Waals surface area contributed by atoms with E-state index < -0.39 is 0 Å². The molecule has 0 N–H and O–H groups in total. The van der Waals surface area contributed by atoms with Gasteiger partial charge >= 0.3 is 0 Å². The molecule has 2 fully saturated rings. The minimum absolute atomic E-state index is 0.0394. The van der Waals surface area contributed by atoms with Crippen molar-refractivity contribution in [3.63, 3.8) is 0 Å². The number of aromatic nitrogens is 2. The van der Waals surface area contributed by atoms with Crippen molar-refractivity contribution in [2.45, 2.75) is 25.3 Å². The van der Waals surface area contributed by atoms with Gasteiger partial charge in [0.25, 0.3) is 5.91 Å². The third-order valence-corrected chi connectivity index (χ3v) is 5.34. The van der Waals surface area contributed by atoms with Gasteiger partial charge in [0.2, 0.25) is 0 Å². The predicted octanol–water partition coefficient (Wildman–Crippen LogP) is 2.84. The molecule has 2 aliphatic rings. The number of rotatable bonds is 2. The SMILES string of the molecule is Cc1c(C(=O)N2CCC23CCOC3)cnn1-c1ccccc1Cl. The topological polar surface area (TPSA) is 47.4 Å². The summed E-state index contributed by atoms with van der Waals surface area (Å²) in [5.74, 6) is 0.0394. The average Bonchev–Trinajstić information content (AvgIpc) is 3.15. The number of likely N-dealkylation sites (tertiary alicyclic amines) is 1. The molecule has 5 nitrogen and oxygen atoms in total. The smallest absolute Gasteiger partial charge is 0.257 e. The molecule has 23 heavy (non-hydrogen) atoms. The molecule has 3 heterocycles. The van der Waals surface area contributed by atoms with Crippen molar-refractivity contribution in [3.05, 3.63) is 46.7 Å². The fourth-order valence-electron chi connectivity index (χ4n) is 3.49. The zero-order valence-electron chi connectivity index (χ0n) is 13.0. The lowest BCUT2D eigenvalue weighted by molar-refractivity contribution is -0.00800. The number of nitrogens with zero attached hydrogens (tertiary/aromatic N) is 3. The summed E-state index contributed by atoms with van der Waals surface area (Å²) in [6, 6.07) is 7.50. The number of para-hydroxylation sites is 1. The van der Waals surface area contributed by atoms with E-state index in [1.165, 1.54) is 0 Å². The summed E-state index contributed by atoms with van der Waals surface area (Å²) in [6.45, 7) is 4.08. The van der Waals surface area contributed by atoms with Crippen LogP contribution in [0.3, 0.4) is 0 Å². The quantitative estimate of drug-likeness (QED) is 0.850. The molecule has 1 aromatic heterocycles. The van der Waals surface area contributed by atoms with Gasteiger partial charge in [0, 0.05) is 13.2 Å². The summed E-state index contributed by atoms with van der Waals surface area (Å²) in [4.78, 5) is 14.9. The number of hydrogen-bond donors (Lipinski definition) is 0. The molecule has 0 radical (unpaired) electrons. The number of ether oxygens (including phenoxy) is 1. The highest BCUT2D eigenvalue weighted by Crippen LogP contribution is 2.39. The second kappa shape index (κ2) is 5.35. The molecule has 120 valence electrons. The van der Waals surface area contributed by atoms with E-state index >= 15 is 0 Å². The van der Waals surface area contributed by atoms with Crippen LogP contribution in [0.1, 0.15) is 28.9 Å². The van der Waals surface area contributed by atoms with Crippen LogP contribution < -0.4 is 0 Å². The molecule has 1 atom stereocenters. The van der Waals surface area contributed by atoms with Crippen molar-refractivity contribution in [3.8, 4) is 5.69 Å². The Hall–Kier alpha value is -1.85. The van der Waals surface area contributed by atoms with E-state index in [0.717, 1.165) is 37.4 Å². The van der Waals surface area contributed by atoms with Gasteiger partial charge < -0.3 is 9.64 Å². The summed E-state index contributed by atoms with van der Waals surface area (Å²) in [5.41, 5.74) is 2.14. The maximum Gasteiger partial charge on any atom is 0.257 e. The summed E-state index contributed by atoms with van der Waals surface area (Å²) < 4.78 is 7.24. The second-order valence-corrected chi connectivity index (χ2v) is 6.65. The van der Waals surface area contributed by atoms with Crippen LogP contribution in [0, 0.1) is 6.92 Å². The fourth-order valence-corrected chi connectivity index (χ4v) is 3.71. The Bertz CT molecular complexity index is 765. The molecule has 0 aliphatic carbocycles. The van der Waals surface area contributed by atoms with Crippen molar-refractivity contribution in [2.75, 3.05) is 19.8 Å². The third kappa shape index (κ3) is 2.18. The first-order chi connectivity index (χ1) is 11.1. The van der Waals surface area contributed by atoms with Crippen LogP contribution in [0.5, 0.6) is 0 Å². The van der Waals surface area contributed by atoms with Gasteiger partial charge in [-0.05, 0) is 31.9 Å². The molecule has 2 saturated heterocycles. The van der Waals surface area contributed by atoms with Crippen LogP contribution >= 0.6 is 11.6 Å². The van der Waals surface area contributed by atoms with E-state index in [4.69, 9.17) is 16.3 Å². The molecule has 2 aromatic rings. The molecular formula is C17H18ClN3O2. The molecule has 1 aromatic carbocycles. The minimum Gasteiger partial charge on any atom is -0.379 e. The van der Waals surface area contributed by atoms with E-state index in [-0.39, 0.29) is 11.4 Å². The van der Waals surface area contributed by atoms with Crippen molar-refractivity contribution in [1.29, 1.82) is 0 Å². The van der Waals surface area contributed by atoms with E-state index in [1.807, 2.05) is 36.1 Å². The van der Waals surface area contributed by atoms with E-state index in [1.54, 1.807) is 10.9 Å². The Kier molecular flexibility index (Phi) is 3.43. The van der Waals surface area contributed by atoms with Crippen LogP contribution in [0.15, 0.2) is 30.5 Å². The lowest BCUT2D eigenvalue weighted by Gasteiger charge is -2.49. The maximum atomic E-state index is 12.9. The number of carbonyl (C=O) groups is 1. The summed E-state index contributed by atoms with van der Waals surface area (Å²) >= 11 is 6.25. The van der Waals surface area contributed by atoms with Gasteiger partial charge in [-0.3, -0.25) is 4.79 Å².